The molecule has 0 heterocycles. The van der Waals surface area contributed by atoms with E-state index < -0.39 is 23.8 Å². The Hall–Kier alpha value is -2.00. The smallest absolute Gasteiger partial charge is 0.279 e. The monoisotopic (exact) mass is 535 g/mol. The van der Waals surface area contributed by atoms with Crippen LogP contribution in [-0.2, 0) is 14.4 Å². The highest BCUT2D eigenvalue weighted by Gasteiger charge is 2.17. The molecule has 0 aliphatic heterocycles. The van der Waals surface area contributed by atoms with Crippen LogP contribution in [-0.4, -0.2) is 23.8 Å². The molecular weight excluding hydrogens is 520 g/mol. The maximum atomic E-state index is 12.1. The Bertz CT molecular complexity index is 959. The largest absolute Gasteiger partial charge is 0.480 e. The summed E-state index contributed by atoms with van der Waals surface area (Å²) < 4.78 is 6.11. The summed E-state index contributed by atoms with van der Waals surface area (Å²) in [6.07, 6.45) is -1.14. The van der Waals surface area contributed by atoms with E-state index in [1.165, 1.54) is 13.0 Å². The molecule has 3 amide bonds. The zero-order valence-electron chi connectivity index (χ0n) is 15.6. The molecule has 1 atom stereocenters. The molecule has 0 fully saturated rings. The van der Waals surface area contributed by atoms with Crippen molar-refractivity contribution in [2.24, 2.45) is 0 Å². The summed E-state index contributed by atoms with van der Waals surface area (Å²) >= 11 is 20.9. The number of anilines is 1. The maximum Gasteiger partial charge on any atom is 0.279 e. The standard InChI is InChI=1S/C19H17BrCl3N3O4/c1-10(30-16-5-3-11(21)8-13(16)20)19(29)26-25-18(28)7-6-17(27)24-15-4-2-12(22)9-14(15)23/h2-5,8-10H,6-7H2,1H3,(H,24,27)(H,25,28)(H,26,29). The highest BCUT2D eigenvalue weighted by atomic mass is 79.9. The summed E-state index contributed by atoms with van der Waals surface area (Å²) in [4.78, 5) is 35.9. The first kappa shape index (κ1) is 24.3. The van der Waals surface area contributed by atoms with Gasteiger partial charge in [0.25, 0.3) is 5.91 Å². The minimum atomic E-state index is -0.891. The number of hydrazine groups is 1. The fraction of sp³-hybridized carbons (Fsp3) is 0.211. The van der Waals surface area contributed by atoms with Gasteiger partial charge in [0.2, 0.25) is 11.8 Å². The molecule has 0 spiro atoms. The fourth-order valence-electron chi connectivity index (χ4n) is 2.14. The van der Waals surface area contributed by atoms with Crippen molar-refractivity contribution in [2.45, 2.75) is 25.9 Å². The molecule has 3 N–H and O–H groups in total. The van der Waals surface area contributed by atoms with E-state index in [1.807, 2.05) is 0 Å². The van der Waals surface area contributed by atoms with Gasteiger partial charge in [-0.15, -0.1) is 0 Å². The van der Waals surface area contributed by atoms with E-state index in [2.05, 4.69) is 32.1 Å². The molecule has 1 unspecified atom stereocenters. The van der Waals surface area contributed by atoms with Crippen LogP contribution in [0.5, 0.6) is 5.75 Å². The second-order valence-corrected chi connectivity index (χ2v) is 8.18. The number of carbonyl (C=O) groups is 3. The third kappa shape index (κ3) is 7.68. The van der Waals surface area contributed by atoms with Crippen molar-refractivity contribution >= 4 is 74.1 Å². The lowest BCUT2D eigenvalue weighted by Crippen LogP contribution is -2.47. The molecule has 0 aliphatic carbocycles. The lowest BCUT2D eigenvalue weighted by Gasteiger charge is -2.16. The highest BCUT2D eigenvalue weighted by molar-refractivity contribution is 9.10. The maximum absolute atomic E-state index is 12.1. The van der Waals surface area contributed by atoms with E-state index in [0.717, 1.165) is 0 Å². The molecule has 30 heavy (non-hydrogen) atoms. The average molecular weight is 538 g/mol. The van der Waals surface area contributed by atoms with Crippen molar-refractivity contribution in [3.8, 4) is 5.75 Å². The predicted octanol–water partition coefficient (Wildman–Crippen LogP) is 4.74. The Kier molecular flexibility index (Phi) is 9.23. The summed E-state index contributed by atoms with van der Waals surface area (Å²) in [6.45, 7) is 1.52. The highest BCUT2D eigenvalue weighted by Crippen LogP contribution is 2.28. The molecule has 7 nitrogen and oxygen atoms in total. The molecule has 0 saturated heterocycles. The van der Waals surface area contributed by atoms with E-state index in [1.54, 1.807) is 30.3 Å². The minimum Gasteiger partial charge on any atom is -0.480 e. The number of hydrogen-bond acceptors (Lipinski definition) is 4. The number of ether oxygens (including phenoxy) is 1. The van der Waals surface area contributed by atoms with Crippen molar-refractivity contribution in [3.63, 3.8) is 0 Å². The molecule has 11 heteroatoms. The SMILES string of the molecule is CC(Oc1ccc(Cl)cc1Br)C(=O)NNC(=O)CCC(=O)Nc1ccc(Cl)cc1Cl. The molecule has 0 aliphatic rings. The minimum absolute atomic E-state index is 0.107. The van der Waals surface area contributed by atoms with Gasteiger partial charge in [0.05, 0.1) is 15.2 Å². The fourth-order valence-corrected chi connectivity index (χ4v) is 3.37. The van der Waals surface area contributed by atoms with Gasteiger partial charge in [-0.05, 0) is 59.3 Å². The van der Waals surface area contributed by atoms with Crippen LogP contribution in [0, 0.1) is 0 Å². The average Bonchev–Trinajstić information content (AvgIpc) is 2.68. The van der Waals surface area contributed by atoms with Crippen LogP contribution in [0.4, 0.5) is 5.69 Å². The van der Waals surface area contributed by atoms with E-state index in [9.17, 15) is 14.4 Å². The molecular formula is C19H17BrCl3N3O4. The van der Waals surface area contributed by atoms with Gasteiger partial charge in [0, 0.05) is 22.9 Å². The van der Waals surface area contributed by atoms with Gasteiger partial charge in [-0.25, -0.2) is 0 Å². The number of benzene rings is 2. The third-order valence-electron chi connectivity index (χ3n) is 3.68. The van der Waals surface area contributed by atoms with Gasteiger partial charge in [0.1, 0.15) is 5.75 Å². The predicted molar refractivity (Wildman–Crippen MR) is 120 cm³/mol. The van der Waals surface area contributed by atoms with Gasteiger partial charge >= 0.3 is 0 Å². The van der Waals surface area contributed by atoms with Crippen molar-refractivity contribution in [1.82, 2.24) is 10.9 Å². The second kappa shape index (κ2) is 11.4. The van der Waals surface area contributed by atoms with E-state index in [4.69, 9.17) is 39.5 Å². The first-order chi connectivity index (χ1) is 14.2. The zero-order valence-corrected chi connectivity index (χ0v) is 19.5. The molecule has 0 aromatic heterocycles. The number of amides is 3. The van der Waals surface area contributed by atoms with Gasteiger partial charge in [-0.2, -0.15) is 0 Å². The number of hydrogen-bond donors (Lipinski definition) is 3. The third-order valence-corrected chi connectivity index (χ3v) is 5.08. The normalized spacial score (nSPS) is 11.4. The van der Waals surface area contributed by atoms with Gasteiger partial charge < -0.3 is 10.1 Å². The first-order valence-corrected chi connectivity index (χ1v) is 10.5. The molecule has 2 rings (SSSR count). The Morgan fingerprint density at radius 3 is 2.27 bits per heavy atom. The van der Waals surface area contributed by atoms with Gasteiger partial charge in [-0.3, -0.25) is 25.2 Å². The molecule has 2 aromatic carbocycles. The lowest BCUT2D eigenvalue weighted by atomic mass is 10.2. The molecule has 0 bridgehead atoms. The summed E-state index contributed by atoms with van der Waals surface area (Å²) in [7, 11) is 0. The summed E-state index contributed by atoms with van der Waals surface area (Å²) in [5.74, 6) is -1.10. The first-order valence-electron chi connectivity index (χ1n) is 8.61. The second-order valence-electron chi connectivity index (χ2n) is 6.04. The number of carbonyl (C=O) groups excluding carboxylic acids is 3. The van der Waals surface area contributed by atoms with Crippen LogP contribution < -0.4 is 20.9 Å². The van der Waals surface area contributed by atoms with Crippen molar-refractivity contribution in [3.05, 3.63) is 55.9 Å². The summed E-state index contributed by atoms with van der Waals surface area (Å²) in [6, 6.07) is 9.50. The van der Waals surface area contributed by atoms with Crippen molar-refractivity contribution < 1.29 is 19.1 Å². The Morgan fingerprint density at radius 1 is 0.967 bits per heavy atom. The van der Waals surface area contributed by atoms with Crippen LogP contribution in [0.1, 0.15) is 19.8 Å². The molecule has 160 valence electrons. The molecule has 0 radical (unpaired) electrons. The quantitative estimate of drug-likeness (QED) is 0.445. The van der Waals surface area contributed by atoms with Crippen LogP contribution in [0.25, 0.3) is 0 Å². The van der Waals surface area contributed by atoms with E-state index >= 15 is 0 Å². The van der Waals surface area contributed by atoms with Crippen molar-refractivity contribution in [1.29, 1.82) is 0 Å². The summed E-state index contributed by atoms with van der Waals surface area (Å²) in [5.41, 5.74) is 4.87. The molecule has 2 aromatic rings. The van der Waals surface area contributed by atoms with Gasteiger partial charge in [-0.1, -0.05) is 34.8 Å². The van der Waals surface area contributed by atoms with Crippen LogP contribution >= 0.6 is 50.7 Å². The lowest BCUT2D eigenvalue weighted by molar-refractivity contribution is -0.133. The van der Waals surface area contributed by atoms with Crippen LogP contribution in [0.15, 0.2) is 40.9 Å². The Balaban J connectivity index is 1.74. The van der Waals surface area contributed by atoms with Gasteiger partial charge in [0.15, 0.2) is 6.10 Å². The number of nitrogens with one attached hydrogen (secondary N) is 3. The van der Waals surface area contributed by atoms with E-state index in [0.29, 0.717) is 26.0 Å². The Morgan fingerprint density at radius 2 is 1.60 bits per heavy atom. The molecule has 0 saturated carbocycles. The topological polar surface area (TPSA) is 96.5 Å². The van der Waals surface area contributed by atoms with Crippen molar-refractivity contribution in [2.75, 3.05) is 5.32 Å². The zero-order chi connectivity index (χ0) is 22.3. The van der Waals surface area contributed by atoms with E-state index in [-0.39, 0.29) is 17.9 Å². The number of rotatable bonds is 7. The van der Waals surface area contributed by atoms with Crippen LogP contribution in [0.2, 0.25) is 15.1 Å². The summed E-state index contributed by atoms with van der Waals surface area (Å²) in [5, 5.41) is 3.82. The number of halogens is 4. The van der Waals surface area contributed by atoms with Crippen LogP contribution in [0.3, 0.4) is 0 Å². The Labute approximate surface area is 196 Å².